The Labute approximate surface area is 174 Å². The summed E-state index contributed by atoms with van der Waals surface area (Å²) in [6.45, 7) is 7.84. The number of rotatable bonds is 6. The van der Waals surface area contributed by atoms with E-state index in [2.05, 4.69) is 34.4 Å². The highest BCUT2D eigenvalue weighted by atomic mass is 127. The van der Waals surface area contributed by atoms with Crippen LogP contribution in [0.1, 0.15) is 26.7 Å². The van der Waals surface area contributed by atoms with Gasteiger partial charge < -0.3 is 25.0 Å². The van der Waals surface area contributed by atoms with Crippen molar-refractivity contribution < 1.29 is 9.47 Å². The van der Waals surface area contributed by atoms with Crippen molar-refractivity contribution in [2.45, 2.75) is 32.7 Å². The van der Waals surface area contributed by atoms with E-state index in [0.717, 1.165) is 24.7 Å². The van der Waals surface area contributed by atoms with Crippen LogP contribution in [0.2, 0.25) is 0 Å². The zero-order valence-electron chi connectivity index (χ0n) is 16.5. The Morgan fingerprint density at radius 2 is 2.00 bits per heavy atom. The van der Waals surface area contributed by atoms with Crippen LogP contribution >= 0.6 is 24.0 Å². The number of anilines is 1. The van der Waals surface area contributed by atoms with Crippen LogP contribution in [-0.2, 0) is 0 Å². The maximum Gasteiger partial charge on any atom is 0.195 e. The lowest BCUT2D eigenvalue weighted by Gasteiger charge is -2.35. The van der Waals surface area contributed by atoms with Crippen molar-refractivity contribution in [1.29, 1.82) is 0 Å². The van der Waals surface area contributed by atoms with E-state index in [9.17, 15) is 0 Å². The predicted octanol–water partition coefficient (Wildman–Crippen LogP) is 3.43. The monoisotopic (exact) mass is 476 g/mol. The molecule has 0 radical (unpaired) electrons. The van der Waals surface area contributed by atoms with E-state index in [4.69, 9.17) is 9.47 Å². The minimum atomic E-state index is 0. The molecule has 2 rings (SSSR count). The smallest absolute Gasteiger partial charge is 0.195 e. The summed E-state index contributed by atoms with van der Waals surface area (Å²) in [4.78, 5) is 6.88. The van der Waals surface area contributed by atoms with Crippen LogP contribution < -0.4 is 20.1 Å². The molecule has 0 aromatic heterocycles. The molecule has 1 aromatic rings. The maximum absolute atomic E-state index is 5.35. The number of guanidine groups is 1. The van der Waals surface area contributed by atoms with E-state index < -0.39 is 0 Å². The van der Waals surface area contributed by atoms with E-state index in [1.165, 1.54) is 19.4 Å². The molecule has 1 saturated heterocycles. The summed E-state index contributed by atoms with van der Waals surface area (Å²) in [7, 11) is 5.06. The zero-order chi connectivity index (χ0) is 18.2. The van der Waals surface area contributed by atoms with Gasteiger partial charge in [-0.25, -0.2) is 0 Å². The number of methoxy groups -OCH3 is 2. The summed E-state index contributed by atoms with van der Waals surface area (Å²) in [5.41, 5.74) is 0.915. The van der Waals surface area contributed by atoms with Crippen LogP contribution in [0.5, 0.6) is 11.5 Å². The number of ether oxygens (including phenoxy) is 2. The SMILES string of the molecule is CN=C(NCC1CCCN(C(C)C)C1)Nc1ccc(OC)c(OC)c1.I. The van der Waals surface area contributed by atoms with E-state index in [1.807, 2.05) is 18.2 Å². The van der Waals surface area contributed by atoms with E-state index >= 15 is 0 Å². The maximum atomic E-state index is 5.35. The van der Waals surface area contributed by atoms with Crippen LogP contribution in [-0.4, -0.2) is 57.8 Å². The highest BCUT2D eigenvalue weighted by Gasteiger charge is 2.21. The zero-order valence-corrected chi connectivity index (χ0v) is 18.9. The van der Waals surface area contributed by atoms with Crippen molar-refractivity contribution in [2.24, 2.45) is 10.9 Å². The van der Waals surface area contributed by atoms with Crippen molar-refractivity contribution in [1.82, 2.24) is 10.2 Å². The molecule has 0 saturated carbocycles. The number of piperidine rings is 1. The van der Waals surface area contributed by atoms with Gasteiger partial charge in [0.25, 0.3) is 0 Å². The second-order valence-corrected chi connectivity index (χ2v) is 6.74. The summed E-state index contributed by atoms with van der Waals surface area (Å²) in [5.74, 6) is 2.84. The Hall–Kier alpha value is -1.22. The summed E-state index contributed by atoms with van der Waals surface area (Å²) >= 11 is 0. The Morgan fingerprint density at radius 1 is 1.27 bits per heavy atom. The van der Waals surface area contributed by atoms with Crippen LogP contribution in [0, 0.1) is 5.92 Å². The van der Waals surface area contributed by atoms with Gasteiger partial charge in [0, 0.05) is 37.9 Å². The molecule has 1 aliphatic rings. The lowest BCUT2D eigenvalue weighted by atomic mass is 9.97. The first-order valence-electron chi connectivity index (χ1n) is 9.01. The average Bonchev–Trinajstić information content (AvgIpc) is 2.65. The highest BCUT2D eigenvalue weighted by molar-refractivity contribution is 14.0. The number of benzene rings is 1. The standard InChI is InChI=1S/C19H32N4O2.HI/c1-14(2)23-10-6-7-15(13-23)12-21-19(20-3)22-16-8-9-17(24-4)18(11-16)25-5;/h8-9,11,14-15H,6-7,10,12-13H2,1-5H3,(H2,20,21,22);1H. The number of likely N-dealkylation sites (tertiary alicyclic amines) is 1. The predicted molar refractivity (Wildman–Crippen MR) is 119 cm³/mol. The molecule has 148 valence electrons. The lowest BCUT2D eigenvalue weighted by Crippen LogP contribution is -2.44. The average molecular weight is 476 g/mol. The number of nitrogens with one attached hydrogen (secondary N) is 2. The van der Waals surface area contributed by atoms with Gasteiger partial charge in [-0.15, -0.1) is 24.0 Å². The molecule has 2 N–H and O–H groups in total. The molecule has 0 spiro atoms. The second kappa shape index (κ2) is 11.5. The summed E-state index contributed by atoms with van der Waals surface area (Å²) in [5, 5.41) is 6.77. The molecule has 1 heterocycles. The number of aliphatic imine (C=N–C) groups is 1. The van der Waals surface area contributed by atoms with E-state index in [1.54, 1.807) is 21.3 Å². The van der Waals surface area contributed by atoms with Gasteiger partial charge in [0.05, 0.1) is 14.2 Å². The van der Waals surface area contributed by atoms with Gasteiger partial charge in [0.2, 0.25) is 0 Å². The molecule has 1 aliphatic heterocycles. The van der Waals surface area contributed by atoms with Crippen molar-refractivity contribution in [2.75, 3.05) is 46.2 Å². The molecule has 1 atom stereocenters. The van der Waals surface area contributed by atoms with Gasteiger partial charge in [-0.05, 0) is 51.3 Å². The molecule has 1 aromatic carbocycles. The molecular formula is C19H33IN4O2. The summed E-state index contributed by atoms with van der Waals surface area (Å²) in [6.07, 6.45) is 2.54. The fraction of sp³-hybridized carbons (Fsp3) is 0.632. The Kier molecular flexibility index (Phi) is 10.1. The molecule has 26 heavy (non-hydrogen) atoms. The van der Waals surface area contributed by atoms with E-state index in [-0.39, 0.29) is 24.0 Å². The number of halogens is 1. The number of hydrogen-bond donors (Lipinski definition) is 2. The molecule has 7 heteroatoms. The van der Waals surface area contributed by atoms with Crippen molar-refractivity contribution >= 4 is 35.6 Å². The molecule has 0 bridgehead atoms. The molecule has 1 fully saturated rings. The summed E-state index contributed by atoms with van der Waals surface area (Å²) in [6, 6.07) is 6.37. The van der Waals surface area contributed by atoms with Crippen LogP contribution in [0.15, 0.2) is 23.2 Å². The molecule has 6 nitrogen and oxygen atoms in total. The minimum absolute atomic E-state index is 0. The highest BCUT2D eigenvalue weighted by Crippen LogP contribution is 2.29. The molecule has 0 amide bonds. The number of hydrogen-bond acceptors (Lipinski definition) is 4. The molecule has 0 aliphatic carbocycles. The third-order valence-corrected chi connectivity index (χ3v) is 4.71. The first kappa shape index (κ1) is 22.8. The van der Waals surface area contributed by atoms with Gasteiger partial charge in [-0.1, -0.05) is 0 Å². The Balaban J connectivity index is 0.00000338. The molecular weight excluding hydrogens is 443 g/mol. The quantitative estimate of drug-likeness (QED) is 0.375. The topological polar surface area (TPSA) is 58.1 Å². The van der Waals surface area contributed by atoms with Crippen LogP contribution in [0.4, 0.5) is 5.69 Å². The van der Waals surface area contributed by atoms with Gasteiger partial charge in [0.1, 0.15) is 0 Å². The number of nitrogens with zero attached hydrogens (tertiary/aromatic N) is 2. The van der Waals surface area contributed by atoms with Crippen molar-refractivity contribution in [3.05, 3.63) is 18.2 Å². The van der Waals surface area contributed by atoms with Gasteiger partial charge in [-0.2, -0.15) is 0 Å². The Bertz CT molecular complexity index is 581. The van der Waals surface area contributed by atoms with Crippen LogP contribution in [0.3, 0.4) is 0 Å². The lowest BCUT2D eigenvalue weighted by molar-refractivity contribution is 0.141. The Morgan fingerprint density at radius 3 is 2.62 bits per heavy atom. The third-order valence-electron chi connectivity index (χ3n) is 4.71. The minimum Gasteiger partial charge on any atom is -0.493 e. The second-order valence-electron chi connectivity index (χ2n) is 6.74. The third kappa shape index (κ3) is 6.50. The normalized spacial score (nSPS) is 18.2. The van der Waals surface area contributed by atoms with Gasteiger partial charge >= 0.3 is 0 Å². The van der Waals surface area contributed by atoms with Crippen molar-refractivity contribution in [3.63, 3.8) is 0 Å². The fourth-order valence-corrected chi connectivity index (χ4v) is 3.20. The largest absolute Gasteiger partial charge is 0.493 e. The fourth-order valence-electron chi connectivity index (χ4n) is 3.20. The van der Waals surface area contributed by atoms with Crippen LogP contribution in [0.25, 0.3) is 0 Å². The molecule has 1 unspecified atom stereocenters. The first-order valence-corrected chi connectivity index (χ1v) is 9.01. The van der Waals surface area contributed by atoms with Crippen molar-refractivity contribution in [3.8, 4) is 11.5 Å². The first-order chi connectivity index (χ1) is 12.1. The van der Waals surface area contributed by atoms with Gasteiger partial charge in [-0.3, -0.25) is 4.99 Å². The summed E-state index contributed by atoms with van der Waals surface area (Å²) < 4.78 is 10.6. The van der Waals surface area contributed by atoms with Gasteiger partial charge in [0.15, 0.2) is 17.5 Å². The van der Waals surface area contributed by atoms with E-state index in [0.29, 0.717) is 23.5 Å².